The van der Waals surface area contributed by atoms with Crippen LogP contribution < -0.4 is 0 Å². The number of para-hydroxylation sites is 2. The van der Waals surface area contributed by atoms with Crippen molar-refractivity contribution in [2.24, 2.45) is 0 Å². The van der Waals surface area contributed by atoms with Crippen LogP contribution in [0.25, 0.3) is 267 Å². The SMILES string of the molecule is c1ccc(-c2cc(-c3ccccc3)cc(-c3ccc4c5ccccc5c5c6ccccc6c6ccccc6c5c4c3)c2)cc1.c1ccc2c(c1)ccc1c3cc(-c4ccc(-n5c6ccccc6c6ccccc65)cc4)ccc3ccc21.c1ccc2cc(-c3cc(-c4ccc5ccccc5c4)cc(-c4cc5c6ccccc6c6c7ccccc7ccc6c5c5ccccc45)c3)ccc2c1. The van der Waals surface area contributed by atoms with Gasteiger partial charge in [0.05, 0.1) is 11.0 Å². The standard InChI is InChI=1S/C52H32.C44H28.C36H23N/c1-3-14-36-27-38(23-21-33(36)11-1)40-29-41(39-24-22-34-12-2-4-15-37(34)28-39)31-42(30-40)49-32-50-45-18-8-10-20-47(45)51-43-16-6-5-13-35(43)25-26-48(51)52(50)46-19-9-7-17-44(46)49;1-3-13-29(14-4-1)32-25-33(30-15-5-2-6-16-30)27-34(26-32)31-23-24-38-37-19-9-11-21-40(37)43-39-20-10-7-17-35(39)36-18-8-12-22-41(36)44(43)42(38)28-31;1-2-8-29-25(7-1)17-22-31-30(29)21-18-26-13-14-27(23-34(26)31)24-15-19-28(20-16-24)37-35-11-5-3-9-32(35)33-10-4-6-12-36(33)37/h1-32H;1-28H;1-23H. The molecule has 0 N–H and O–H groups in total. The maximum absolute atomic E-state index is 2.47. The monoisotopic (exact) mass is 1680 g/mol. The second-order valence-electron chi connectivity index (χ2n) is 35.5. The van der Waals surface area contributed by atoms with Gasteiger partial charge in [-0.1, -0.05) is 413 Å². The zero-order valence-electron chi connectivity index (χ0n) is 72.9. The van der Waals surface area contributed by atoms with E-state index < -0.39 is 0 Å². The van der Waals surface area contributed by atoms with Crippen molar-refractivity contribution in [3.8, 4) is 83.6 Å². The molecule has 1 heterocycles. The Bertz CT molecular complexity index is 9410. The number of nitrogens with zero attached hydrogens (tertiary/aromatic N) is 1. The number of fused-ring (bicyclic) bond motifs is 31. The van der Waals surface area contributed by atoms with Crippen LogP contribution in [0.15, 0.2) is 504 Å². The molecule has 1 heteroatoms. The first-order valence-corrected chi connectivity index (χ1v) is 46.1. The van der Waals surface area contributed by atoms with Gasteiger partial charge in [0.1, 0.15) is 0 Å². The van der Waals surface area contributed by atoms with Gasteiger partial charge in [-0.2, -0.15) is 0 Å². The molecule has 1 nitrogen and oxygen atoms in total. The molecule has 0 amide bonds. The Kier molecular flexibility index (Phi) is 18.4. The van der Waals surface area contributed by atoms with E-state index in [2.05, 4.69) is 508 Å². The minimum Gasteiger partial charge on any atom is -0.309 e. The van der Waals surface area contributed by atoms with Gasteiger partial charge in [0.15, 0.2) is 0 Å². The Hall–Kier alpha value is -17.4. The lowest BCUT2D eigenvalue weighted by Crippen LogP contribution is -1.93. The fourth-order valence-electron chi connectivity index (χ4n) is 21.9. The molecule has 0 unspecified atom stereocenters. The summed E-state index contributed by atoms with van der Waals surface area (Å²) < 4.78 is 2.37. The van der Waals surface area contributed by atoms with Crippen LogP contribution in [0.4, 0.5) is 0 Å². The van der Waals surface area contributed by atoms with Gasteiger partial charge < -0.3 is 4.57 Å². The Morgan fingerprint density at radius 3 is 0.895 bits per heavy atom. The van der Waals surface area contributed by atoms with Gasteiger partial charge in [-0.05, 0) is 330 Å². The fourth-order valence-corrected chi connectivity index (χ4v) is 21.9. The summed E-state index contributed by atoms with van der Waals surface area (Å²) >= 11 is 0. The fraction of sp³-hybridized carbons (Fsp3) is 0. The van der Waals surface area contributed by atoms with E-state index in [1.807, 2.05) is 0 Å². The minimum absolute atomic E-state index is 1.18. The lowest BCUT2D eigenvalue weighted by molar-refractivity contribution is 1.18. The second kappa shape index (κ2) is 31.8. The van der Waals surface area contributed by atoms with E-state index >= 15 is 0 Å². The third-order valence-electron chi connectivity index (χ3n) is 28.1. The lowest BCUT2D eigenvalue weighted by atomic mass is 9.85. The Labute approximate surface area is 769 Å². The van der Waals surface area contributed by atoms with E-state index in [0.717, 1.165) is 0 Å². The topological polar surface area (TPSA) is 4.93 Å². The molecule has 616 valence electrons. The van der Waals surface area contributed by atoms with Gasteiger partial charge in [0, 0.05) is 16.5 Å². The molecule has 0 atom stereocenters. The average molecular weight is 1680 g/mol. The number of benzene rings is 27. The molecule has 28 aromatic rings. The van der Waals surface area contributed by atoms with Crippen molar-refractivity contribution in [3.05, 3.63) is 504 Å². The summed E-state index contributed by atoms with van der Waals surface area (Å²) in [5.41, 5.74) is 20.8. The molecule has 0 saturated heterocycles. The Balaban J connectivity index is 0.000000106. The van der Waals surface area contributed by atoms with Gasteiger partial charge in [-0.15, -0.1) is 0 Å². The van der Waals surface area contributed by atoms with Crippen LogP contribution in [-0.2, 0) is 0 Å². The van der Waals surface area contributed by atoms with Crippen LogP contribution in [0, 0.1) is 0 Å². The average Bonchev–Trinajstić information content (AvgIpc) is 1.66. The van der Waals surface area contributed by atoms with E-state index in [4.69, 9.17) is 0 Å². The molecule has 0 aliphatic rings. The highest BCUT2D eigenvalue weighted by molar-refractivity contribution is 6.40. The molecule has 0 aliphatic heterocycles. The predicted molar refractivity (Wildman–Crippen MR) is 574 cm³/mol. The molecule has 0 fully saturated rings. The van der Waals surface area contributed by atoms with Crippen molar-refractivity contribution in [1.29, 1.82) is 0 Å². The van der Waals surface area contributed by atoms with Gasteiger partial charge in [-0.25, -0.2) is 0 Å². The number of rotatable bonds is 8. The number of hydrogen-bond acceptors (Lipinski definition) is 0. The van der Waals surface area contributed by atoms with Crippen LogP contribution in [0.2, 0.25) is 0 Å². The molecule has 27 aromatic carbocycles. The highest BCUT2D eigenvalue weighted by atomic mass is 15.0. The number of aromatic nitrogens is 1. The smallest absolute Gasteiger partial charge is 0.0541 e. The third kappa shape index (κ3) is 13.1. The van der Waals surface area contributed by atoms with Crippen molar-refractivity contribution in [1.82, 2.24) is 4.57 Å². The largest absolute Gasteiger partial charge is 0.309 e. The van der Waals surface area contributed by atoms with Gasteiger partial charge in [0.2, 0.25) is 0 Å². The second-order valence-corrected chi connectivity index (χ2v) is 35.5. The maximum Gasteiger partial charge on any atom is 0.0541 e. The van der Waals surface area contributed by atoms with Gasteiger partial charge >= 0.3 is 0 Å². The van der Waals surface area contributed by atoms with Crippen LogP contribution in [0.1, 0.15) is 0 Å². The predicted octanol–water partition coefficient (Wildman–Crippen LogP) is 37.1. The zero-order chi connectivity index (χ0) is 87.6. The van der Waals surface area contributed by atoms with Gasteiger partial charge in [-0.3, -0.25) is 0 Å². The van der Waals surface area contributed by atoms with E-state index in [0.29, 0.717) is 0 Å². The minimum atomic E-state index is 1.18. The van der Waals surface area contributed by atoms with Crippen LogP contribution in [-0.4, -0.2) is 4.57 Å². The third-order valence-corrected chi connectivity index (χ3v) is 28.1. The highest BCUT2D eigenvalue weighted by Gasteiger charge is 2.23. The van der Waals surface area contributed by atoms with Crippen LogP contribution >= 0.6 is 0 Å². The zero-order valence-corrected chi connectivity index (χ0v) is 72.9. The van der Waals surface area contributed by atoms with Crippen molar-refractivity contribution in [2.75, 3.05) is 0 Å². The molecule has 0 radical (unpaired) electrons. The molecule has 1 aromatic heterocycles. The van der Waals surface area contributed by atoms with Crippen molar-refractivity contribution < 1.29 is 0 Å². The summed E-state index contributed by atoms with van der Waals surface area (Å²) in [7, 11) is 0. The Morgan fingerprint density at radius 1 is 0.105 bits per heavy atom. The van der Waals surface area contributed by atoms with E-state index in [-0.39, 0.29) is 0 Å². The summed E-state index contributed by atoms with van der Waals surface area (Å²) in [6, 6.07) is 185. The van der Waals surface area contributed by atoms with Crippen molar-refractivity contribution in [3.63, 3.8) is 0 Å². The normalized spacial score (nSPS) is 11.8. The lowest BCUT2D eigenvalue weighted by Gasteiger charge is -2.18. The molecule has 0 aliphatic carbocycles. The van der Waals surface area contributed by atoms with E-state index in [1.54, 1.807) is 0 Å². The molecular formula is C132H83N. The summed E-state index contributed by atoms with van der Waals surface area (Å²) in [6.45, 7) is 0. The number of hydrogen-bond donors (Lipinski definition) is 0. The highest BCUT2D eigenvalue weighted by Crippen LogP contribution is 2.50. The molecule has 133 heavy (non-hydrogen) atoms. The van der Waals surface area contributed by atoms with Crippen molar-refractivity contribution >= 4 is 183 Å². The summed E-state index contributed by atoms with van der Waals surface area (Å²) in [6.07, 6.45) is 0. The van der Waals surface area contributed by atoms with Crippen molar-refractivity contribution in [2.45, 2.75) is 0 Å². The summed E-state index contributed by atoms with van der Waals surface area (Å²) in [4.78, 5) is 0. The molecule has 0 spiro atoms. The molecule has 0 bridgehead atoms. The molecular weight excluding hydrogens is 1600 g/mol. The van der Waals surface area contributed by atoms with Gasteiger partial charge in [0.25, 0.3) is 0 Å². The molecule has 28 rings (SSSR count). The summed E-state index contributed by atoms with van der Waals surface area (Å²) in [5.74, 6) is 0. The summed E-state index contributed by atoms with van der Waals surface area (Å²) in [5, 5.41) is 41.4. The molecule has 0 saturated carbocycles. The van der Waals surface area contributed by atoms with E-state index in [9.17, 15) is 0 Å². The first kappa shape index (κ1) is 76.8. The maximum atomic E-state index is 2.47. The Morgan fingerprint density at radius 2 is 0.376 bits per heavy atom. The van der Waals surface area contributed by atoms with E-state index in [1.165, 1.54) is 267 Å². The first-order chi connectivity index (χ1) is 65.9. The van der Waals surface area contributed by atoms with Crippen LogP contribution in [0.5, 0.6) is 0 Å². The van der Waals surface area contributed by atoms with Crippen LogP contribution in [0.3, 0.4) is 0 Å². The quantitative estimate of drug-likeness (QED) is 0.134. The first-order valence-electron chi connectivity index (χ1n) is 46.1.